The monoisotopic (exact) mass is 351 g/mol. The number of rotatable bonds is 3. The first-order valence-corrected chi connectivity index (χ1v) is 7.14. The fourth-order valence-electron chi connectivity index (χ4n) is 1.97. The highest BCUT2D eigenvalue weighted by atomic mass is 79.9. The maximum Gasteiger partial charge on any atom is 0.140 e. The molecule has 0 aliphatic heterocycles. The number of hydrogen-bond acceptors (Lipinski definition) is 4. The number of pyridine rings is 1. The summed E-state index contributed by atoms with van der Waals surface area (Å²) in [5.74, 6) is 0.749. The molecule has 0 radical (unpaired) electrons. The topological polar surface area (TPSA) is 55.1 Å². The lowest BCUT2D eigenvalue weighted by Crippen LogP contribution is -2.01. The Hall–Kier alpha value is -1.66. The highest BCUT2D eigenvalue weighted by Gasteiger charge is 2.06. The van der Waals surface area contributed by atoms with Crippen molar-refractivity contribution in [2.24, 2.45) is 0 Å². The molecule has 3 aromatic heterocycles. The molecule has 3 heterocycles. The van der Waals surface area contributed by atoms with Crippen LogP contribution in [0.5, 0.6) is 0 Å². The van der Waals surface area contributed by atoms with Crippen molar-refractivity contribution >= 4 is 39.0 Å². The van der Waals surface area contributed by atoms with Crippen molar-refractivity contribution in [3.8, 4) is 0 Å². The van der Waals surface area contributed by atoms with Crippen molar-refractivity contribution in [1.29, 1.82) is 0 Å². The van der Waals surface area contributed by atoms with Crippen LogP contribution >= 0.6 is 27.5 Å². The van der Waals surface area contributed by atoms with Crippen molar-refractivity contribution in [3.05, 3.63) is 51.7 Å². The Morgan fingerprint density at radius 2 is 2.15 bits per heavy atom. The number of aryl methyl sites for hydroxylation is 1. The molecular weight excluding hydrogens is 342 g/mol. The Kier molecular flexibility index (Phi) is 3.58. The molecule has 20 heavy (non-hydrogen) atoms. The number of aromatic nitrogens is 4. The minimum absolute atomic E-state index is 0.586. The quantitative estimate of drug-likeness (QED) is 0.733. The molecule has 3 aromatic rings. The molecule has 0 saturated carbocycles. The van der Waals surface area contributed by atoms with Crippen LogP contribution in [0.2, 0.25) is 5.02 Å². The van der Waals surface area contributed by atoms with Gasteiger partial charge in [-0.15, -0.1) is 0 Å². The number of fused-ring (bicyclic) bond motifs is 1. The van der Waals surface area contributed by atoms with Crippen molar-refractivity contribution in [3.63, 3.8) is 0 Å². The van der Waals surface area contributed by atoms with Gasteiger partial charge in [0.15, 0.2) is 0 Å². The van der Waals surface area contributed by atoms with E-state index in [1.165, 1.54) is 6.33 Å². The van der Waals surface area contributed by atoms with E-state index < -0.39 is 0 Å². The molecule has 0 atom stereocenters. The molecule has 0 spiro atoms. The Morgan fingerprint density at radius 3 is 2.95 bits per heavy atom. The zero-order chi connectivity index (χ0) is 14.1. The molecule has 1 N–H and O–H groups in total. The first kappa shape index (κ1) is 13.3. The van der Waals surface area contributed by atoms with Gasteiger partial charge >= 0.3 is 0 Å². The highest BCUT2D eigenvalue weighted by molar-refractivity contribution is 9.10. The second-order valence-corrected chi connectivity index (χ2v) is 5.63. The van der Waals surface area contributed by atoms with Crippen molar-refractivity contribution in [2.75, 3.05) is 5.32 Å². The number of halogens is 2. The van der Waals surface area contributed by atoms with E-state index in [0.29, 0.717) is 11.6 Å². The van der Waals surface area contributed by atoms with E-state index in [1.54, 1.807) is 0 Å². The summed E-state index contributed by atoms with van der Waals surface area (Å²) >= 11 is 9.35. The summed E-state index contributed by atoms with van der Waals surface area (Å²) in [6.45, 7) is 2.58. The maximum absolute atomic E-state index is 6.04. The van der Waals surface area contributed by atoms with Gasteiger partial charge in [-0.25, -0.2) is 15.0 Å². The molecule has 0 aliphatic carbocycles. The molecular formula is C13H11BrClN5. The molecule has 0 aromatic carbocycles. The van der Waals surface area contributed by atoms with Gasteiger partial charge in [-0.3, -0.25) is 0 Å². The first-order chi connectivity index (χ1) is 9.61. The Labute approximate surface area is 129 Å². The van der Waals surface area contributed by atoms with Crippen molar-refractivity contribution in [2.45, 2.75) is 13.5 Å². The van der Waals surface area contributed by atoms with Crippen molar-refractivity contribution in [1.82, 2.24) is 19.4 Å². The first-order valence-electron chi connectivity index (χ1n) is 5.97. The molecule has 0 saturated heterocycles. The summed E-state index contributed by atoms with van der Waals surface area (Å²) < 4.78 is 2.68. The van der Waals surface area contributed by atoms with Crippen LogP contribution in [0.1, 0.15) is 11.3 Å². The molecule has 0 aliphatic rings. The van der Waals surface area contributed by atoms with E-state index in [-0.39, 0.29) is 0 Å². The van der Waals surface area contributed by atoms with Gasteiger partial charge in [0.25, 0.3) is 0 Å². The van der Waals surface area contributed by atoms with Gasteiger partial charge in [0, 0.05) is 18.5 Å². The molecule has 3 rings (SSSR count). The number of anilines is 1. The van der Waals surface area contributed by atoms with E-state index in [0.717, 1.165) is 27.3 Å². The van der Waals surface area contributed by atoms with E-state index in [9.17, 15) is 0 Å². The maximum atomic E-state index is 6.04. The zero-order valence-corrected chi connectivity index (χ0v) is 13.0. The predicted molar refractivity (Wildman–Crippen MR) is 82.0 cm³/mol. The van der Waals surface area contributed by atoms with Gasteiger partial charge in [0.1, 0.15) is 22.4 Å². The molecule has 7 heteroatoms. The molecule has 5 nitrogen and oxygen atoms in total. The standard InChI is InChI=1S/C13H11BrClN5/c1-8-2-9(15)5-20-6-10(19-13(8)20)4-16-12-3-11(14)17-7-18-12/h2-3,5-7H,4H2,1H3,(H,16,17,18). The minimum Gasteiger partial charge on any atom is -0.364 e. The fourth-order valence-corrected chi connectivity index (χ4v) is 2.55. The van der Waals surface area contributed by atoms with Crippen LogP contribution in [0.4, 0.5) is 5.82 Å². The second kappa shape index (κ2) is 5.38. The van der Waals surface area contributed by atoms with Crippen molar-refractivity contribution < 1.29 is 0 Å². The summed E-state index contributed by atoms with van der Waals surface area (Å²) in [4.78, 5) is 12.7. The lowest BCUT2D eigenvalue weighted by Gasteiger charge is -2.02. The second-order valence-electron chi connectivity index (χ2n) is 4.38. The van der Waals surface area contributed by atoms with Gasteiger partial charge in [-0.05, 0) is 34.5 Å². The average Bonchev–Trinajstić information content (AvgIpc) is 2.80. The summed E-state index contributed by atoms with van der Waals surface area (Å²) in [6.07, 6.45) is 5.30. The third-order valence-corrected chi connectivity index (χ3v) is 3.48. The lowest BCUT2D eigenvalue weighted by atomic mass is 10.3. The number of nitrogens with zero attached hydrogens (tertiary/aromatic N) is 4. The third kappa shape index (κ3) is 2.76. The Balaban J connectivity index is 1.83. The summed E-state index contributed by atoms with van der Waals surface area (Å²) in [5.41, 5.74) is 2.88. The van der Waals surface area contributed by atoms with Crippen LogP contribution in [0.3, 0.4) is 0 Å². The van der Waals surface area contributed by atoms with Crippen LogP contribution in [0, 0.1) is 6.92 Å². The summed E-state index contributed by atoms with van der Waals surface area (Å²) in [7, 11) is 0. The van der Waals surface area contributed by atoms with Gasteiger partial charge in [-0.2, -0.15) is 0 Å². The number of imidazole rings is 1. The molecule has 102 valence electrons. The predicted octanol–water partition coefficient (Wildman–Crippen LogP) is 3.46. The fraction of sp³-hybridized carbons (Fsp3) is 0.154. The van der Waals surface area contributed by atoms with E-state index in [1.807, 2.05) is 35.9 Å². The van der Waals surface area contributed by atoms with Crippen LogP contribution in [-0.2, 0) is 6.54 Å². The zero-order valence-electron chi connectivity index (χ0n) is 10.6. The van der Waals surface area contributed by atoms with Gasteiger partial charge in [-0.1, -0.05) is 11.6 Å². The largest absolute Gasteiger partial charge is 0.364 e. The minimum atomic E-state index is 0.586. The third-order valence-electron chi connectivity index (χ3n) is 2.84. The smallest absolute Gasteiger partial charge is 0.140 e. The van der Waals surface area contributed by atoms with Gasteiger partial charge in [0.05, 0.1) is 17.3 Å². The van der Waals surface area contributed by atoms with Crippen LogP contribution < -0.4 is 5.32 Å². The Morgan fingerprint density at radius 1 is 1.30 bits per heavy atom. The summed E-state index contributed by atoms with van der Waals surface area (Å²) in [6, 6.07) is 3.72. The van der Waals surface area contributed by atoms with Crippen LogP contribution in [0.25, 0.3) is 5.65 Å². The van der Waals surface area contributed by atoms with Crippen LogP contribution in [0.15, 0.2) is 35.5 Å². The highest BCUT2D eigenvalue weighted by Crippen LogP contribution is 2.17. The number of hydrogen-bond donors (Lipinski definition) is 1. The molecule has 0 unspecified atom stereocenters. The van der Waals surface area contributed by atoms with Crippen LogP contribution in [-0.4, -0.2) is 19.4 Å². The SMILES string of the molecule is Cc1cc(Cl)cn2cc(CNc3cc(Br)ncn3)nc12. The van der Waals surface area contributed by atoms with E-state index >= 15 is 0 Å². The van der Waals surface area contributed by atoms with E-state index in [2.05, 4.69) is 36.2 Å². The Bertz CT molecular complexity index is 771. The normalized spacial score (nSPS) is 10.9. The number of nitrogens with one attached hydrogen (secondary N) is 1. The summed E-state index contributed by atoms with van der Waals surface area (Å²) in [5, 5.41) is 3.91. The van der Waals surface area contributed by atoms with Gasteiger partial charge in [0.2, 0.25) is 0 Å². The average molecular weight is 353 g/mol. The van der Waals surface area contributed by atoms with E-state index in [4.69, 9.17) is 11.6 Å². The van der Waals surface area contributed by atoms with Gasteiger partial charge < -0.3 is 9.72 Å². The lowest BCUT2D eigenvalue weighted by molar-refractivity contribution is 1.04. The molecule has 0 bridgehead atoms. The molecule has 0 fully saturated rings. The molecule has 0 amide bonds.